The van der Waals surface area contributed by atoms with E-state index >= 15 is 0 Å². The van der Waals surface area contributed by atoms with Crippen molar-refractivity contribution in [3.8, 4) is 0 Å². The highest BCUT2D eigenvalue weighted by Gasteiger charge is 2.26. The Labute approximate surface area is 69.1 Å². The van der Waals surface area contributed by atoms with Crippen LogP contribution in [0.2, 0.25) is 0 Å². The second kappa shape index (κ2) is 3.26. The Hall–Kier alpha value is -0.500. The van der Waals surface area contributed by atoms with Crippen LogP contribution < -0.4 is 5.73 Å². The molecule has 0 radical (unpaired) electrons. The average Bonchev–Trinajstić information content (AvgIpc) is 2.32. The summed E-state index contributed by atoms with van der Waals surface area (Å²) in [7, 11) is 0. The number of rotatable bonds is 2. The van der Waals surface area contributed by atoms with Crippen molar-refractivity contribution in [2.45, 2.75) is 38.8 Å². The van der Waals surface area contributed by atoms with Crippen molar-refractivity contribution in [3.05, 3.63) is 12.3 Å². The fourth-order valence-corrected chi connectivity index (χ4v) is 1.81. The Morgan fingerprint density at radius 1 is 1.64 bits per heavy atom. The van der Waals surface area contributed by atoms with E-state index in [0.717, 1.165) is 5.70 Å². The molecule has 2 nitrogen and oxygen atoms in total. The van der Waals surface area contributed by atoms with E-state index in [9.17, 15) is 0 Å². The minimum atomic E-state index is 0.440. The summed E-state index contributed by atoms with van der Waals surface area (Å²) >= 11 is 0. The van der Waals surface area contributed by atoms with Crippen molar-refractivity contribution in [3.63, 3.8) is 0 Å². The summed E-state index contributed by atoms with van der Waals surface area (Å²) in [5.74, 6) is 0. The highest BCUT2D eigenvalue weighted by atomic mass is 15.2. The van der Waals surface area contributed by atoms with Gasteiger partial charge in [0.25, 0.3) is 0 Å². The number of hydrogen-bond acceptors (Lipinski definition) is 2. The maximum atomic E-state index is 5.69. The summed E-state index contributed by atoms with van der Waals surface area (Å²) in [5.41, 5.74) is 6.52. The first-order chi connectivity index (χ1) is 5.13. The molecule has 1 heterocycles. The van der Waals surface area contributed by atoms with E-state index < -0.39 is 0 Å². The van der Waals surface area contributed by atoms with Crippen LogP contribution in [0.4, 0.5) is 0 Å². The topological polar surface area (TPSA) is 29.3 Å². The monoisotopic (exact) mass is 154 g/mol. The average molecular weight is 154 g/mol. The van der Waals surface area contributed by atoms with Gasteiger partial charge in [0, 0.05) is 17.8 Å². The Balaban J connectivity index is 2.58. The molecular formula is C9H18N2. The van der Waals surface area contributed by atoms with Gasteiger partial charge in [0.05, 0.1) is 0 Å². The Morgan fingerprint density at radius 3 is 2.64 bits per heavy atom. The SMILES string of the molecule is C=C(N)C1CCCN1C(C)C. The molecule has 64 valence electrons. The molecule has 1 aliphatic heterocycles. The highest BCUT2D eigenvalue weighted by molar-refractivity contribution is 5.04. The molecule has 0 aromatic carbocycles. The lowest BCUT2D eigenvalue weighted by atomic mass is 10.1. The van der Waals surface area contributed by atoms with Crippen LogP contribution >= 0.6 is 0 Å². The van der Waals surface area contributed by atoms with Crippen molar-refractivity contribution in [1.82, 2.24) is 4.90 Å². The summed E-state index contributed by atoms with van der Waals surface area (Å²) in [6, 6.07) is 1.04. The van der Waals surface area contributed by atoms with E-state index in [0.29, 0.717) is 12.1 Å². The molecule has 1 unspecified atom stereocenters. The summed E-state index contributed by atoms with van der Waals surface area (Å²) < 4.78 is 0. The van der Waals surface area contributed by atoms with Gasteiger partial charge in [-0.1, -0.05) is 6.58 Å². The smallest absolute Gasteiger partial charge is 0.0490 e. The van der Waals surface area contributed by atoms with Crippen LogP contribution in [0.1, 0.15) is 26.7 Å². The Kier molecular flexibility index (Phi) is 2.55. The predicted octanol–water partition coefficient (Wildman–Crippen LogP) is 1.33. The molecule has 0 amide bonds. The summed E-state index contributed by atoms with van der Waals surface area (Å²) in [4.78, 5) is 2.42. The molecule has 0 aromatic rings. The van der Waals surface area contributed by atoms with Crippen LogP contribution in [-0.4, -0.2) is 23.5 Å². The first-order valence-electron chi connectivity index (χ1n) is 4.33. The van der Waals surface area contributed by atoms with Gasteiger partial charge in [0.1, 0.15) is 0 Å². The molecule has 1 fully saturated rings. The molecule has 1 saturated heterocycles. The lowest BCUT2D eigenvalue weighted by molar-refractivity contribution is 0.225. The molecule has 1 atom stereocenters. The van der Waals surface area contributed by atoms with Gasteiger partial charge < -0.3 is 5.73 Å². The van der Waals surface area contributed by atoms with Gasteiger partial charge in [-0.05, 0) is 33.2 Å². The minimum absolute atomic E-state index is 0.440. The van der Waals surface area contributed by atoms with Crippen LogP contribution in [0.15, 0.2) is 12.3 Å². The second-order valence-corrected chi connectivity index (χ2v) is 3.56. The molecule has 0 saturated carbocycles. The van der Waals surface area contributed by atoms with E-state index in [2.05, 4.69) is 25.3 Å². The van der Waals surface area contributed by atoms with Crippen molar-refractivity contribution in [2.75, 3.05) is 6.54 Å². The lowest BCUT2D eigenvalue weighted by Crippen LogP contribution is -2.38. The van der Waals surface area contributed by atoms with E-state index in [-0.39, 0.29) is 0 Å². The van der Waals surface area contributed by atoms with Gasteiger partial charge in [-0.3, -0.25) is 4.90 Å². The van der Waals surface area contributed by atoms with Crippen LogP contribution in [-0.2, 0) is 0 Å². The highest BCUT2D eigenvalue weighted by Crippen LogP contribution is 2.22. The molecular weight excluding hydrogens is 136 g/mol. The normalized spacial score (nSPS) is 26.3. The van der Waals surface area contributed by atoms with Gasteiger partial charge in [-0.2, -0.15) is 0 Å². The van der Waals surface area contributed by atoms with Gasteiger partial charge >= 0.3 is 0 Å². The number of hydrogen-bond donors (Lipinski definition) is 1. The van der Waals surface area contributed by atoms with Crippen molar-refractivity contribution >= 4 is 0 Å². The van der Waals surface area contributed by atoms with Crippen LogP contribution in [0.5, 0.6) is 0 Å². The predicted molar refractivity (Wildman–Crippen MR) is 48.2 cm³/mol. The largest absolute Gasteiger partial charge is 0.401 e. The standard InChI is InChI=1S/C9H18N2/c1-7(2)11-6-4-5-9(11)8(3)10/h7,9H,3-6,10H2,1-2H3. The fraction of sp³-hybridized carbons (Fsp3) is 0.778. The molecule has 11 heavy (non-hydrogen) atoms. The minimum Gasteiger partial charge on any atom is -0.401 e. The van der Waals surface area contributed by atoms with Gasteiger partial charge in [-0.25, -0.2) is 0 Å². The van der Waals surface area contributed by atoms with E-state index in [1.165, 1.54) is 19.4 Å². The number of nitrogens with zero attached hydrogens (tertiary/aromatic N) is 1. The third-order valence-electron chi connectivity index (χ3n) is 2.39. The van der Waals surface area contributed by atoms with Crippen LogP contribution in [0.25, 0.3) is 0 Å². The number of nitrogens with two attached hydrogens (primary N) is 1. The molecule has 2 heteroatoms. The summed E-state index contributed by atoms with van der Waals surface area (Å²) in [5, 5.41) is 0. The van der Waals surface area contributed by atoms with Crippen molar-refractivity contribution in [2.24, 2.45) is 5.73 Å². The quantitative estimate of drug-likeness (QED) is 0.650. The summed E-state index contributed by atoms with van der Waals surface area (Å²) in [6.07, 6.45) is 2.45. The Morgan fingerprint density at radius 2 is 2.27 bits per heavy atom. The first-order valence-corrected chi connectivity index (χ1v) is 4.33. The molecule has 0 spiro atoms. The molecule has 2 N–H and O–H groups in total. The first kappa shape index (κ1) is 8.60. The van der Waals surface area contributed by atoms with Gasteiger partial charge in [0.15, 0.2) is 0 Å². The van der Waals surface area contributed by atoms with E-state index in [1.54, 1.807) is 0 Å². The molecule has 1 aliphatic rings. The Bertz CT molecular complexity index is 152. The summed E-state index contributed by atoms with van der Waals surface area (Å²) in [6.45, 7) is 9.40. The molecule has 0 aliphatic carbocycles. The third kappa shape index (κ3) is 1.74. The van der Waals surface area contributed by atoms with Gasteiger partial charge in [-0.15, -0.1) is 0 Å². The third-order valence-corrected chi connectivity index (χ3v) is 2.39. The van der Waals surface area contributed by atoms with Crippen LogP contribution in [0.3, 0.4) is 0 Å². The van der Waals surface area contributed by atoms with E-state index in [4.69, 9.17) is 5.73 Å². The lowest BCUT2D eigenvalue weighted by Gasteiger charge is -2.27. The maximum Gasteiger partial charge on any atom is 0.0490 e. The second-order valence-electron chi connectivity index (χ2n) is 3.56. The zero-order valence-corrected chi connectivity index (χ0v) is 7.51. The van der Waals surface area contributed by atoms with Crippen molar-refractivity contribution in [1.29, 1.82) is 0 Å². The van der Waals surface area contributed by atoms with Gasteiger partial charge in [0.2, 0.25) is 0 Å². The number of likely N-dealkylation sites (tertiary alicyclic amines) is 1. The van der Waals surface area contributed by atoms with Crippen LogP contribution in [0, 0.1) is 0 Å². The maximum absolute atomic E-state index is 5.69. The zero-order valence-electron chi connectivity index (χ0n) is 7.51. The molecule has 0 bridgehead atoms. The molecule has 1 rings (SSSR count). The molecule has 0 aromatic heterocycles. The van der Waals surface area contributed by atoms with Crippen molar-refractivity contribution < 1.29 is 0 Å². The zero-order chi connectivity index (χ0) is 8.43. The van der Waals surface area contributed by atoms with E-state index in [1.807, 2.05) is 0 Å². The fourth-order valence-electron chi connectivity index (χ4n) is 1.81.